The van der Waals surface area contributed by atoms with Gasteiger partial charge in [0.2, 0.25) is 0 Å². The van der Waals surface area contributed by atoms with Crippen LogP contribution in [0, 0.1) is 0 Å². The molecule has 2 aromatic carbocycles. The Hall–Kier alpha value is -3.09. The lowest BCUT2D eigenvalue weighted by molar-refractivity contribution is -0.134. The van der Waals surface area contributed by atoms with Gasteiger partial charge in [-0.3, -0.25) is 9.78 Å². The third-order valence-electron chi connectivity index (χ3n) is 4.53. The van der Waals surface area contributed by atoms with E-state index in [0.717, 1.165) is 11.1 Å². The van der Waals surface area contributed by atoms with E-state index in [9.17, 15) is 4.79 Å². The number of aromatic nitrogens is 1. The Bertz CT molecular complexity index is 982. The first-order valence-corrected chi connectivity index (χ1v) is 9.73. The summed E-state index contributed by atoms with van der Waals surface area (Å²) in [6, 6.07) is 16.7. The van der Waals surface area contributed by atoms with Crippen molar-refractivity contribution >= 4 is 17.5 Å². The molecule has 1 N–H and O–H groups in total. The number of rotatable bonds is 9. The molecule has 1 aromatic heterocycles. The lowest BCUT2D eigenvalue weighted by Crippen LogP contribution is -2.31. The molecule has 1 heterocycles. The molecule has 0 bridgehead atoms. The van der Waals surface area contributed by atoms with Gasteiger partial charge in [-0.15, -0.1) is 0 Å². The fourth-order valence-electron chi connectivity index (χ4n) is 2.93. The van der Waals surface area contributed by atoms with Crippen LogP contribution >= 0.6 is 11.6 Å². The molecule has 7 heteroatoms. The second-order valence-corrected chi connectivity index (χ2v) is 6.88. The van der Waals surface area contributed by atoms with E-state index in [1.807, 2.05) is 42.5 Å². The molecule has 0 saturated heterocycles. The zero-order valence-electron chi connectivity index (χ0n) is 16.8. The molecule has 1 unspecified atom stereocenters. The molecule has 0 fully saturated rings. The summed E-state index contributed by atoms with van der Waals surface area (Å²) in [5.41, 5.74) is 2.33. The minimum atomic E-state index is -0.884. The molecule has 3 aromatic rings. The number of pyridine rings is 1. The van der Waals surface area contributed by atoms with Gasteiger partial charge in [-0.1, -0.05) is 41.9 Å². The van der Waals surface area contributed by atoms with Crippen LogP contribution in [0.3, 0.4) is 0 Å². The number of ether oxygens (including phenoxy) is 3. The Labute approximate surface area is 180 Å². The summed E-state index contributed by atoms with van der Waals surface area (Å²) in [6.45, 7) is 0.531. The van der Waals surface area contributed by atoms with Crippen LogP contribution in [-0.4, -0.2) is 25.1 Å². The number of benzene rings is 2. The van der Waals surface area contributed by atoms with Crippen LogP contribution in [0.15, 0.2) is 67.0 Å². The van der Waals surface area contributed by atoms with Crippen LogP contribution in [0.4, 0.5) is 0 Å². The number of hydrogen-bond donors (Lipinski definition) is 1. The van der Waals surface area contributed by atoms with Crippen molar-refractivity contribution in [3.05, 3.63) is 88.7 Å². The average molecular weight is 427 g/mol. The van der Waals surface area contributed by atoms with Crippen molar-refractivity contribution in [3.63, 3.8) is 0 Å². The second kappa shape index (κ2) is 10.6. The molecule has 0 aliphatic rings. The Morgan fingerprint density at radius 3 is 2.60 bits per heavy atom. The van der Waals surface area contributed by atoms with Crippen molar-refractivity contribution < 1.29 is 19.0 Å². The number of hydrogen-bond acceptors (Lipinski definition) is 5. The number of nitrogens with zero attached hydrogens (tertiary/aromatic N) is 1. The van der Waals surface area contributed by atoms with Crippen molar-refractivity contribution in [1.29, 1.82) is 0 Å². The van der Waals surface area contributed by atoms with Gasteiger partial charge >= 0.3 is 0 Å². The Balaban J connectivity index is 1.76. The summed E-state index contributed by atoms with van der Waals surface area (Å²) < 4.78 is 16.6. The summed E-state index contributed by atoms with van der Waals surface area (Å²) in [7, 11) is 3.16. The highest BCUT2D eigenvalue weighted by Gasteiger charge is 2.24. The van der Waals surface area contributed by atoms with E-state index in [1.165, 1.54) is 6.20 Å². The summed E-state index contributed by atoms with van der Waals surface area (Å²) in [6.07, 6.45) is 2.19. The van der Waals surface area contributed by atoms with E-state index in [2.05, 4.69) is 10.3 Å². The molecule has 1 amide bonds. The SMILES string of the molecule is COc1ccc(CNC(=O)C(OCc2ccccc2)c2ccncc2Cl)c(OC)c1. The number of methoxy groups -OCH3 is 2. The van der Waals surface area contributed by atoms with Crippen molar-refractivity contribution in [2.75, 3.05) is 14.2 Å². The maximum Gasteiger partial charge on any atom is 0.254 e. The number of carbonyl (C=O) groups excluding carboxylic acids is 1. The molecule has 0 aliphatic heterocycles. The summed E-state index contributed by atoms with van der Waals surface area (Å²) >= 11 is 6.29. The number of amides is 1. The lowest BCUT2D eigenvalue weighted by atomic mass is 10.1. The number of nitrogens with one attached hydrogen (secondary N) is 1. The normalized spacial score (nSPS) is 11.6. The minimum Gasteiger partial charge on any atom is -0.497 e. The van der Waals surface area contributed by atoms with E-state index in [4.69, 9.17) is 25.8 Å². The predicted octanol–water partition coefficient (Wildman–Crippen LogP) is 4.33. The molecule has 0 spiro atoms. The van der Waals surface area contributed by atoms with Gasteiger partial charge in [-0.2, -0.15) is 0 Å². The molecule has 0 radical (unpaired) electrons. The zero-order chi connectivity index (χ0) is 21.3. The first-order valence-electron chi connectivity index (χ1n) is 9.36. The van der Waals surface area contributed by atoms with Crippen molar-refractivity contribution in [3.8, 4) is 11.5 Å². The summed E-state index contributed by atoms with van der Waals surface area (Å²) in [5, 5.41) is 3.28. The molecule has 30 heavy (non-hydrogen) atoms. The zero-order valence-corrected chi connectivity index (χ0v) is 17.6. The highest BCUT2D eigenvalue weighted by molar-refractivity contribution is 6.31. The number of carbonyl (C=O) groups is 1. The van der Waals surface area contributed by atoms with Crippen LogP contribution in [0.25, 0.3) is 0 Å². The van der Waals surface area contributed by atoms with Crippen LogP contribution < -0.4 is 14.8 Å². The van der Waals surface area contributed by atoms with Crippen LogP contribution in [0.2, 0.25) is 5.02 Å². The average Bonchev–Trinajstić information content (AvgIpc) is 2.79. The minimum absolute atomic E-state index is 0.264. The van der Waals surface area contributed by atoms with Crippen molar-refractivity contribution in [1.82, 2.24) is 10.3 Å². The van der Waals surface area contributed by atoms with Crippen LogP contribution in [0.5, 0.6) is 11.5 Å². The smallest absolute Gasteiger partial charge is 0.254 e. The highest BCUT2D eigenvalue weighted by atomic mass is 35.5. The van der Waals surface area contributed by atoms with E-state index >= 15 is 0 Å². The standard InChI is InChI=1S/C23H23ClN2O4/c1-28-18-9-8-17(21(12-18)29-2)13-26-23(27)22(19-10-11-25-14-20(19)24)30-15-16-6-4-3-5-7-16/h3-12,14,22H,13,15H2,1-2H3,(H,26,27). The Kier molecular flexibility index (Phi) is 7.65. The van der Waals surface area contributed by atoms with Crippen LogP contribution in [0.1, 0.15) is 22.8 Å². The van der Waals surface area contributed by atoms with Gasteiger partial charge in [-0.25, -0.2) is 0 Å². The second-order valence-electron chi connectivity index (χ2n) is 6.47. The van der Waals surface area contributed by atoms with Gasteiger partial charge in [-0.05, 0) is 23.8 Å². The maximum absolute atomic E-state index is 13.0. The van der Waals surface area contributed by atoms with Gasteiger partial charge in [0, 0.05) is 36.1 Å². The molecule has 1 atom stereocenters. The first-order chi connectivity index (χ1) is 14.6. The molecule has 6 nitrogen and oxygen atoms in total. The Morgan fingerprint density at radius 1 is 1.10 bits per heavy atom. The summed E-state index contributed by atoms with van der Waals surface area (Å²) in [5.74, 6) is 0.991. The molecule has 0 aliphatic carbocycles. The monoisotopic (exact) mass is 426 g/mol. The third kappa shape index (κ3) is 5.49. The molecule has 0 saturated carbocycles. The fraction of sp³-hybridized carbons (Fsp3) is 0.217. The van der Waals surface area contributed by atoms with Crippen molar-refractivity contribution in [2.45, 2.75) is 19.3 Å². The summed E-state index contributed by atoms with van der Waals surface area (Å²) in [4.78, 5) is 17.0. The highest BCUT2D eigenvalue weighted by Crippen LogP contribution is 2.27. The van der Waals surface area contributed by atoms with Gasteiger partial charge in [0.1, 0.15) is 11.5 Å². The van der Waals surface area contributed by atoms with Crippen molar-refractivity contribution in [2.24, 2.45) is 0 Å². The molecule has 3 rings (SSSR count). The molecular formula is C23H23ClN2O4. The van der Waals surface area contributed by atoms with Gasteiger partial charge in [0.25, 0.3) is 5.91 Å². The van der Waals surface area contributed by atoms with E-state index in [0.29, 0.717) is 22.1 Å². The fourth-order valence-corrected chi connectivity index (χ4v) is 3.15. The van der Waals surface area contributed by atoms with Crippen LogP contribution in [-0.2, 0) is 22.7 Å². The molecular weight excluding hydrogens is 404 g/mol. The Morgan fingerprint density at radius 2 is 1.90 bits per heavy atom. The maximum atomic E-state index is 13.0. The first kappa shape index (κ1) is 21.6. The number of halogens is 1. The lowest BCUT2D eigenvalue weighted by Gasteiger charge is -2.19. The van der Waals surface area contributed by atoms with Gasteiger partial charge in [0.15, 0.2) is 6.10 Å². The topological polar surface area (TPSA) is 69.7 Å². The molecule has 156 valence electrons. The van der Waals surface area contributed by atoms with Gasteiger partial charge < -0.3 is 19.5 Å². The van der Waals surface area contributed by atoms with E-state index in [1.54, 1.807) is 32.5 Å². The largest absolute Gasteiger partial charge is 0.497 e. The van der Waals surface area contributed by atoms with E-state index in [-0.39, 0.29) is 19.1 Å². The van der Waals surface area contributed by atoms with Gasteiger partial charge in [0.05, 0.1) is 25.8 Å². The predicted molar refractivity (Wildman–Crippen MR) is 115 cm³/mol. The van der Waals surface area contributed by atoms with E-state index < -0.39 is 6.10 Å². The third-order valence-corrected chi connectivity index (χ3v) is 4.85. The quantitative estimate of drug-likeness (QED) is 0.551.